The minimum Gasteiger partial charge on any atom is -0.381 e. The van der Waals surface area contributed by atoms with Gasteiger partial charge in [0.05, 0.1) is 25.4 Å². The fourth-order valence-electron chi connectivity index (χ4n) is 3.26. The number of nitrogens with zero attached hydrogens (tertiary/aromatic N) is 2. The summed E-state index contributed by atoms with van der Waals surface area (Å²) in [5.41, 5.74) is 1.52. The number of ether oxygens (including phenoxy) is 2. The summed E-state index contributed by atoms with van der Waals surface area (Å²) in [6, 6.07) is 3.99. The van der Waals surface area contributed by atoms with Gasteiger partial charge in [-0.2, -0.15) is 0 Å². The topological polar surface area (TPSA) is 63.7 Å². The second-order valence-electron chi connectivity index (χ2n) is 6.24. The molecule has 1 amide bonds. The van der Waals surface area contributed by atoms with E-state index < -0.39 is 0 Å². The number of aromatic nitrogens is 1. The van der Waals surface area contributed by atoms with Crippen LogP contribution in [0, 0.1) is 12.8 Å². The number of pyridine rings is 1. The fourth-order valence-corrected chi connectivity index (χ4v) is 3.26. The molecule has 2 saturated heterocycles. The highest BCUT2D eigenvalue weighted by molar-refractivity contribution is 5.93. The number of carbonyl (C=O) groups excluding carboxylic acids is 1. The minimum absolute atomic E-state index is 0.0605. The molecule has 23 heavy (non-hydrogen) atoms. The predicted molar refractivity (Wildman–Crippen MR) is 86.4 cm³/mol. The molecule has 6 nitrogen and oxygen atoms in total. The highest BCUT2D eigenvalue weighted by Crippen LogP contribution is 2.22. The van der Waals surface area contributed by atoms with Gasteiger partial charge in [-0.1, -0.05) is 0 Å². The molecule has 3 heterocycles. The van der Waals surface area contributed by atoms with E-state index in [1.54, 1.807) is 6.20 Å². The van der Waals surface area contributed by atoms with Gasteiger partial charge in [0.25, 0.3) is 5.91 Å². The molecule has 2 atom stereocenters. The lowest BCUT2D eigenvalue weighted by Gasteiger charge is -2.37. The van der Waals surface area contributed by atoms with Crippen molar-refractivity contribution < 1.29 is 14.3 Å². The summed E-state index contributed by atoms with van der Waals surface area (Å²) in [6.45, 7) is 7.52. The first kappa shape index (κ1) is 16.4. The fraction of sp³-hybridized carbons (Fsp3) is 0.647. The van der Waals surface area contributed by atoms with Crippen molar-refractivity contribution in [2.24, 2.45) is 5.92 Å². The van der Waals surface area contributed by atoms with Gasteiger partial charge in [-0.25, -0.2) is 0 Å². The molecule has 126 valence electrons. The molecule has 2 aliphatic heterocycles. The molecule has 6 heteroatoms. The largest absolute Gasteiger partial charge is 0.381 e. The van der Waals surface area contributed by atoms with Crippen molar-refractivity contribution in [3.63, 3.8) is 0 Å². The van der Waals surface area contributed by atoms with Crippen molar-refractivity contribution in [1.29, 1.82) is 0 Å². The summed E-state index contributed by atoms with van der Waals surface area (Å²) in [4.78, 5) is 18.9. The van der Waals surface area contributed by atoms with Crippen molar-refractivity contribution in [2.45, 2.75) is 19.4 Å². The number of morpholine rings is 1. The van der Waals surface area contributed by atoms with Gasteiger partial charge in [-0.3, -0.25) is 14.7 Å². The van der Waals surface area contributed by atoms with Crippen molar-refractivity contribution in [3.05, 3.63) is 29.6 Å². The Morgan fingerprint density at radius 3 is 2.83 bits per heavy atom. The highest BCUT2D eigenvalue weighted by atomic mass is 16.5. The smallest absolute Gasteiger partial charge is 0.252 e. The molecule has 0 radical (unpaired) electrons. The Bertz CT molecular complexity index is 508. The molecule has 3 rings (SSSR count). The third-order valence-electron chi connectivity index (χ3n) is 4.67. The van der Waals surface area contributed by atoms with E-state index in [9.17, 15) is 4.79 Å². The zero-order valence-electron chi connectivity index (χ0n) is 13.7. The van der Waals surface area contributed by atoms with Gasteiger partial charge in [-0.05, 0) is 25.5 Å². The van der Waals surface area contributed by atoms with Crippen molar-refractivity contribution in [1.82, 2.24) is 15.2 Å². The number of hydrogen-bond acceptors (Lipinski definition) is 5. The normalized spacial score (nSPS) is 23.6. The Kier molecular flexibility index (Phi) is 5.59. The van der Waals surface area contributed by atoms with E-state index >= 15 is 0 Å². The van der Waals surface area contributed by atoms with E-state index in [0.717, 1.165) is 51.6 Å². The number of nitrogens with one attached hydrogen (secondary N) is 1. The lowest BCUT2D eigenvalue weighted by molar-refractivity contribution is 0.00166. The van der Waals surface area contributed by atoms with Crippen LogP contribution >= 0.6 is 0 Å². The average molecular weight is 319 g/mol. The monoisotopic (exact) mass is 319 g/mol. The zero-order chi connectivity index (χ0) is 16.1. The maximum Gasteiger partial charge on any atom is 0.252 e. The number of aryl methyl sites for hydroxylation is 1. The first-order valence-corrected chi connectivity index (χ1v) is 8.34. The van der Waals surface area contributed by atoms with Crippen LogP contribution in [0.15, 0.2) is 18.3 Å². The maximum atomic E-state index is 12.3. The second-order valence-corrected chi connectivity index (χ2v) is 6.24. The molecule has 0 saturated carbocycles. The molecule has 1 N–H and O–H groups in total. The van der Waals surface area contributed by atoms with Crippen molar-refractivity contribution in [3.8, 4) is 0 Å². The first-order chi connectivity index (χ1) is 11.2. The van der Waals surface area contributed by atoms with Crippen LogP contribution in [0.1, 0.15) is 22.5 Å². The van der Waals surface area contributed by atoms with E-state index in [1.807, 2.05) is 19.1 Å². The van der Waals surface area contributed by atoms with Gasteiger partial charge in [0.1, 0.15) is 0 Å². The SMILES string of the molecule is Cc1ccc(C(=O)NCC(C2CCOC2)N2CCOCC2)cn1. The van der Waals surface area contributed by atoms with Crippen LogP contribution in [0.4, 0.5) is 0 Å². The van der Waals surface area contributed by atoms with E-state index in [1.165, 1.54) is 0 Å². The third-order valence-corrected chi connectivity index (χ3v) is 4.67. The Morgan fingerprint density at radius 2 is 2.17 bits per heavy atom. The zero-order valence-corrected chi connectivity index (χ0v) is 13.7. The van der Waals surface area contributed by atoms with E-state index in [0.29, 0.717) is 24.1 Å². The van der Waals surface area contributed by atoms with Crippen LogP contribution in [-0.2, 0) is 9.47 Å². The van der Waals surface area contributed by atoms with E-state index in [-0.39, 0.29) is 5.91 Å². The van der Waals surface area contributed by atoms with Gasteiger partial charge in [0.15, 0.2) is 0 Å². The number of amides is 1. The Balaban J connectivity index is 1.61. The molecule has 2 unspecified atom stereocenters. The molecule has 0 aliphatic carbocycles. The van der Waals surface area contributed by atoms with Gasteiger partial charge < -0.3 is 14.8 Å². The van der Waals surface area contributed by atoms with E-state index in [4.69, 9.17) is 9.47 Å². The van der Waals surface area contributed by atoms with E-state index in [2.05, 4.69) is 15.2 Å². The Hall–Kier alpha value is -1.50. The summed E-state index contributed by atoms with van der Waals surface area (Å²) >= 11 is 0. The predicted octanol–water partition coefficient (Wildman–Crippen LogP) is 0.857. The molecule has 1 aromatic rings. The number of hydrogen-bond donors (Lipinski definition) is 1. The van der Waals surface area contributed by atoms with Crippen LogP contribution in [0.3, 0.4) is 0 Å². The lowest BCUT2D eigenvalue weighted by Crippen LogP contribution is -2.52. The molecule has 1 aromatic heterocycles. The van der Waals surface area contributed by atoms with Crippen LogP contribution in [0.25, 0.3) is 0 Å². The summed E-state index contributed by atoms with van der Waals surface area (Å²) in [5.74, 6) is 0.416. The number of carbonyl (C=O) groups is 1. The van der Waals surface area contributed by atoms with Crippen molar-refractivity contribution in [2.75, 3.05) is 46.1 Å². The van der Waals surface area contributed by atoms with Crippen LogP contribution < -0.4 is 5.32 Å². The van der Waals surface area contributed by atoms with Crippen LogP contribution in [0.2, 0.25) is 0 Å². The summed E-state index contributed by atoms with van der Waals surface area (Å²) in [6.07, 6.45) is 2.69. The number of rotatable bonds is 5. The summed E-state index contributed by atoms with van der Waals surface area (Å²) in [5, 5.41) is 3.08. The lowest BCUT2D eigenvalue weighted by atomic mass is 9.96. The average Bonchev–Trinajstić information content (AvgIpc) is 3.11. The highest BCUT2D eigenvalue weighted by Gasteiger charge is 2.31. The summed E-state index contributed by atoms with van der Waals surface area (Å²) < 4.78 is 11.0. The van der Waals surface area contributed by atoms with Gasteiger partial charge >= 0.3 is 0 Å². The second kappa shape index (κ2) is 7.86. The molecule has 0 bridgehead atoms. The van der Waals surface area contributed by atoms with Crippen LogP contribution in [-0.4, -0.2) is 67.9 Å². The van der Waals surface area contributed by atoms with Crippen LogP contribution in [0.5, 0.6) is 0 Å². The molecular weight excluding hydrogens is 294 g/mol. The molecule has 2 fully saturated rings. The Labute approximate surface area is 137 Å². The molecular formula is C17H25N3O3. The molecule has 0 aromatic carbocycles. The Morgan fingerprint density at radius 1 is 1.35 bits per heavy atom. The van der Waals surface area contributed by atoms with Gasteiger partial charge in [0, 0.05) is 50.1 Å². The first-order valence-electron chi connectivity index (χ1n) is 8.34. The quantitative estimate of drug-likeness (QED) is 0.872. The standard InChI is InChI=1S/C17H25N3O3/c1-13-2-3-14(10-18-13)17(21)19-11-16(15-4-7-23-12-15)20-5-8-22-9-6-20/h2-3,10,15-16H,4-9,11-12H2,1H3,(H,19,21). The minimum atomic E-state index is -0.0605. The molecule has 0 spiro atoms. The third kappa shape index (κ3) is 4.28. The maximum absolute atomic E-state index is 12.3. The van der Waals surface area contributed by atoms with Gasteiger partial charge in [0.2, 0.25) is 0 Å². The van der Waals surface area contributed by atoms with Crippen molar-refractivity contribution >= 4 is 5.91 Å². The summed E-state index contributed by atoms with van der Waals surface area (Å²) in [7, 11) is 0. The van der Waals surface area contributed by atoms with Gasteiger partial charge in [-0.15, -0.1) is 0 Å². The molecule has 2 aliphatic rings.